The summed E-state index contributed by atoms with van der Waals surface area (Å²) >= 11 is 0. The second-order valence-corrected chi connectivity index (χ2v) is 4.28. The number of ether oxygens (including phenoxy) is 1. The van der Waals surface area contributed by atoms with Crippen molar-refractivity contribution < 1.29 is 9.64 Å². The molecule has 0 aromatic carbocycles. The van der Waals surface area contributed by atoms with Crippen molar-refractivity contribution in [2.45, 2.75) is 38.7 Å². The van der Waals surface area contributed by atoms with Crippen LogP contribution in [0.5, 0.6) is 0 Å². The molecule has 0 aliphatic carbocycles. The summed E-state index contributed by atoms with van der Waals surface area (Å²) in [6, 6.07) is 2.06. The minimum absolute atomic E-state index is 0.148. The predicted molar refractivity (Wildman–Crippen MR) is 62.8 cm³/mol. The van der Waals surface area contributed by atoms with E-state index in [1.165, 1.54) is 25.9 Å². The third-order valence-electron chi connectivity index (χ3n) is 2.78. The van der Waals surface area contributed by atoms with Crippen LogP contribution in [0.25, 0.3) is 0 Å². The topological polar surface area (TPSA) is 37.5 Å². The number of nitriles is 1. The van der Waals surface area contributed by atoms with E-state index in [4.69, 9.17) is 10.00 Å². The van der Waals surface area contributed by atoms with Crippen molar-refractivity contribution in [3.05, 3.63) is 0 Å². The summed E-state index contributed by atoms with van der Waals surface area (Å²) in [5.74, 6) is 6.38. The SMILES string of the molecule is C[C@H](CC#CC[NH+]1CCCC1)OCCC#N. The molecular weight excluding hydrogens is 200 g/mol. The Kier molecular flexibility index (Phi) is 6.65. The zero-order valence-corrected chi connectivity index (χ0v) is 10.1. The molecule has 0 spiro atoms. The lowest BCUT2D eigenvalue weighted by atomic mass is 10.3. The van der Waals surface area contributed by atoms with Gasteiger partial charge in [-0.25, -0.2) is 0 Å². The van der Waals surface area contributed by atoms with E-state index < -0.39 is 0 Å². The van der Waals surface area contributed by atoms with E-state index in [2.05, 4.69) is 17.9 Å². The van der Waals surface area contributed by atoms with Crippen molar-refractivity contribution in [1.82, 2.24) is 0 Å². The third kappa shape index (κ3) is 5.75. The quantitative estimate of drug-likeness (QED) is 0.538. The lowest BCUT2D eigenvalue weighted by molar-refractivity contribution is -0.879. The highest BCUT2D eigenvalue weighted by atomic mass is 16.5. The van der Waals surface area contributed by atoms with Crippen LogP contribution in [0.3, 0.4) is 0 Å². The molecule has 3 nitrogen and oxygen atoms in total. The minimum atomic E-state index is 0.148. The van der Waals surface area contributed by atoms with Gasteiger partial charge in [-0.15, -0.1) is 0 Å². The van der Waals surface area contributed by atoms with Crippen molar-refractivity contribution in [2.24, 2.45) is 0 Å². The first-order chi connectivity index (χ1) is 7.83. The second-order valence-electron chi connectivity index (χ2n) is 4.28. The number of likely N-dealkylation sites (tertiary alicyclic amines) is 1. The Bertz CT molecular complexity index is 279. The highest BCUT2D eigenvalue weighted by Gasteiger charge is 2.12. The summed E-state index contributed by atoms with van der Waals surface area (Å²) in [6.45, 7) is 6.07. The molecular formula is C13H21N2O+. The number of nitrogens with one attached hydrogen (secondary N) is 1. The Morgan fingerprint density at radius 3 is 2.75 bits per heavy atom. The fraction of sp³-hybridized carbons (Fsp3) is 0.769. The molecule has 1 atom stereocenters. The van der Waals surface area contributed by atoms with Gasteiger partial charge in [0.2, 0.25) is 0 Å². The maximum atomic E-state index is 8.35. The van der Waals surface area contributed by atoms with Crippen molar-refractivity contribution in [2.75, 3.05) is 26.2 Å². The van der Waals surface area contributed by atoms with Crippen molar-refractivity contribution in [3.63, 3.8) is 0 Å². The minimum Gasteiger partial charge on any atom is -0.376 e. The lowest BCUT2D eigenvalue weighted by Gasteiger charge is -2.08. The number of quaternary nitrogens is 1. The predicted octanol–water partition coefficient (Wildman–Crippen LogP) is 0.377. The number of hydrogen-bond donors (Lipinski definition) is 1. The largest absolute Gasteiger partial charge is 0.376 e. The first-order valence-corrected chi connectivity index (χ1v) is 6.10. The van der Waals surface area contributed by atoms with E-state index >= 15 is 0 Å². The van der Waals surface area contributed by atoms with Gasteiger partial charge in [0.15, 0.2) is 0 Å². The standard InChI is InChI=1S/C13H20N2O/c1-13(16-12-6-8-14)7-2-3-9-15-10-4-5-11-15/h13H,4-7,9-12H2,1H3/p+1/t13-/m1/s1. The van der Waals surface area contributed by atoms with E-state index in [1.54, 1.807) is 4.90 Å². The van der Waals surface area contributed by atoms with Gasteiger partial charge in [0, 0.05) is 19.3 Å². The summed E-state index contributed by atoms with van der Waals surface area (Å²) in [4.78, 5) is 1.62. The lowest BCUT2D eigenvalue weighted by Crippen LogP contribution is -3.09. The van der Waals surface area contributed by atoms with Crippen molar-refractivity contribution >= 4 is 0 Å². The van der Waals surface area contributed by atoms with Crippen LogP contribution in [-0.2, 0) is 4.74 Å². The van der Waals surface area contributed by atoms with Crippen LogP contribution < -0.4 is 4.90 Å². The molecule has 3 heteroatoms. The van der Waals surface area contributed by atoms with Crippen LogP contribution in [0.2, 0.25) is 0 Å². The highest BCUT2D eigenvalue weighted by molar-refractivity contribution is 4.99. The molecule has 1 heterocycles. The summed E-state index contributed by atoms with van der Waals surface area (Å²) in [7, 11) is 0. The van der Waals surface area contributed by atoms with Crippen LogP contribution >= 0.6 is 0 Å². The van der Waals surface area contributed by atoms with Crippen LogP contribution in [0.1, 0.15) is 32.6 Å². The van der Waals surface area contributed by atoms with Gasteiger partial charge in [-0.05, 0) is 12.8 Å². The molecule has 0 radical (unpaired) electrons. The Morgan fingerprint density at radius 2 is 2.06 bits per heavy atom. The monoisotopic (exact) mass is 221 g/mol. The summed E-state index contributed by atoms with van der Waals surface area (Å²) in [5.41, 5.74) is 0. The zero-order valence-electron chi connectivity index (χ0n) is 10.1. The molecule has 1 aliphatic heterocycles. The van der Waals surface area contributed by atoms with Gasteiger partial charge in [0.25, 0.3) is 0 Å². The summed E-state index contributed by atoms with van der Waals surface area (Å²) < 4.78 is 5.42. The van der Waals surface area contributed by atoms with Gasteiger partial charge in [0.1, 0.15) is 6.54 Å². The van der Waals surface area contributed by atoms with E-state index in [9.17, 15) is 0 Å². The molecule has 0 aromatic heterocycles. The molecule has 1 fully saturated rings. The Morgan fingerprint density at radius 1 is 1.31 bits per heavy atom. The maximum absolute atomic E-state index is 8.35. The summed E-state index contributed by atoms with van der Waals surface area (Å²) in [6.07, 6.45) is 4.10. The number of nitrogens with zero attached hydrogens (tertiary/aromatic N) is 1. The first kappa shape index (κ1) is 13.0. The number of hydrogen-bond acceptors (Lipinski definition) is 2. The first-order valence-electron chi connectivity index (χ1n) is 6.10. The van der Waals surface area contributed by atoms with Crippen molar-refractivity contribution in [3.8, 4) is 17.9 Å². The van der Waals surface area contributed by atoms with E-state index in [0.717, 1.165) is 13.0 Å². The normalized spacial score (nSPS) is 17.5. The van der Waals surface area contributed by atoms with Crippen LogP contribution in [0.4, 0.5) is 0 Å². The average Bonchev–Trinajstić information content (AvgIpc) is 2.78. The fourth-order valence-electron chi connectivity index (χ4n) is 1.82. The van der Waals surface area contributed by atoms with Crippen molar-refractivity contribution in [1.29, 1.82) is 5.26 Å². The molecule has 0 unspecified atom stereocenters. The molecule has 1 rings (SSSR count). The van der Waals surface area contributed by atoms with Gasteiger partial charge < -0.3 is 9.64 Å². The molecule has 88 valence electrons. The smallest absolute Gasteiger partial charge is 0.139 e. The van der Waals surface area contributed by atoms with Crippen LogP contribution in [-0.4, -0.2) is 32.3 Å². The van der Waals surface area contributed by atoms with Crippen LogP contribution in [0, 0.1) is 23.2 Å². The maximum Gasteiger partial charge on any atom is 0.139 e. The van der Waals surface area contributed by atoms with E-state index in [1.807, 2.05) is 6.92 Å². The van der Waals surface area contributed by atoms with Gasteiger partial charge >= 0.3 is 0 Å². The molecule has 0 amide bonds. The fourth-order valence-corrected chi connectivity index (χ4v) is 1.82. The van der Waals surface area contributed by atoms with Gasteiger partial charge in [-0.2, -0.15) is 5.26 Å². The molecule has 1 aliphatic rings. The Balaban J connectivity index is 2.04. The Labute approximate surface area is 98.4 Å². The Hall–Kier alpha value is -1.03. The van der Waals surface area contributed by atoms with E-state index in [0.29, 0.717) is 13.0 Å². The van der Waals surface area contributed by atoms with Gasteiger partial charge in [0.05, 0.1) is 38.3 Å². The second kappa shape index (κ2) is 8.16. The molecule has 16 heavy (non-hydrogen) atoms. The summed E-state index contributed by atoms with van der Waals surface area (Å²) in [5, 5.41) is 8.35. The molecule has 0 bridgehead atoms. The molecule has 0 aromatic rings. The van der Waals surface area contributed by atoms with Gasteiger partial charge in [-0.3, -0.25) is 0 Å². The number of rotatable bonds is 5. The molecule has 1 N–H and O–H groups in total. The molecule has 0 saturated carbocycles. The molecule has 1 saturated heterocycles. The average molecular weight is 221 g/mol. The van der Waals surface area contributed by atoms with Crippen LogP contribution in [0.15, 0.2) is 0 Å². The third-order valence-corrected chi connectivity index (χ3v) is 2.78. The zero-order chi connectivity index (χ0) is 11.6. The highest BCUT2D eigenvalue weighted by Crippen LogP contribution is 1.96. The van der Waals surface area contributed by atoms with Gasteiger partial charge in [-0.1, -0.05) is 5.92 Å². The van der Waals surface area contributed by atoms with E-state index in [-0.39, 0.29) is 6.10 Å².